The van der Waals surface area contributed by atoms with E-state index >= 15 is 4.39 Å². The number of methoxy groups -OCH3 is 2. The number of benzene rings is 3. The molecule has 0 aliphatic heterocycles. The smallest absolute Gasteiger partial charge is 0.416 e. The summed E-state index contributed by atoms with van der Waals surface area (Å²) in [7, 11) is 2.88. The second-order valence-corrected chi connectivity index (χ2v) is 14.9. The Hall–Kier alpha value is -4.52. The van der Waals surface area contributed by atoms with Crippen LogP contribution in [0.15, 0.2) is 60.7 Å². The third kappa shape index (κ3) is 14.9. The lowest BCUT2D eigenvalue weighted by Gasteiger charge is -2.32. The summed E-state index contributed by atoms with van der Waals surface area (Å²) < 4.78 is 71.9. The van der Waals surface area contributed by atoms with E-state index in [0.717, 1.165) is 87.0 Å². The second kappa shape index (κ2) is 22.3. The Kier molecular flexibility index (Phi) is 18.2. The number of carbonyl (C=O) groups is 3. The number of amides is 3. The van der Waals surface area contributed by atoms with Gasteiger partial charge < -0.3 is 29.7 Å². The number of halogens is 5. The number of unbranched alkanes of at least 4 members (excludes halogenated alkanes) is 9. The summed E-state index contributed by atoms with van der Waals surface area (Å²) in [5.74, 6) is -1.62. The van der Waals surface area contributed by atoms with E-state index in [9.17, 15) is 27.6 Å². The van der Waals surface area contributed by atoms with Gasteiger partial charge in [-0.05, 0) is 76.1 Å². The molecule has 0 heterocycles. The Bertz CT molecular complexity index is 1720. The van der Waals surface area contributed by atoms with E-state index < -0.39 is 47.1 Å². The van der Waals surface area contributed by atoms with Crippen LogP contribution in [0.3, 0.4) is 0 Å². The maximum absolute atomic E-state index is 15.7. The van der Waals surface area contributed by atoms with E-state index in [0.29, 0.717) is 30.0 Å². The molecule has 0 saturated carbocycles. The summed E-state index contributed by atoms with van der Waals surface area (Å²) in [5, 5.41) is 5.36. The minimum Gasteiger partial charge on any atom is -0.497 e. The molecule has 1 atom stereocenters. The summed E-state index contributed by atoms with van der Waals surface area (Å²) in [4.78, 5) is 41.1. The van der Waals surface area contributed by atoms with Crippen molar-refractivity contribution < 1.29 is 46.2 Å². The SMILES string of the molecule is COc1ccc(CN(C(=O)c2ccc(C(F)(F)F)cc2)C(C(=O)NCCCCCCCCCCCCNC(=O)OC(C)(C)C)c2cccc(Cl)c2F)c(OC)c1. The second-order valence-electron chi connectivity index (χ2n) is 14.5. The quantitative estimate of drug-likeness (QED) is 0.0820. The number of alkyl carbamates (subject to hydrolysis) is 1. The van der Waals surface area contributed by atoms with Crippen LogP contribution in [0.25, 0.3) is 0 Å². The molecule has 0 spiro atoms. The van der Waals surface area contributed by atoms with Crippen LogP contribution in [-0.4, -0.2) is 55.7 Å². The highest BCUT2D eigenvalue weighted by molar-refractivity contribution is 6.30. The molecule has 3 amide bonds. The molecule has 0 aliphatic carbocycles. The normalized spacial score (nSPS) is 12.1. The van der Waals surface area contributed by atoms with Crippen molar-refractivity contribution in [2.24, 2.45) is 0 Å². The van der Waals surface area contributed by atoms with E-state index in [4.69, 9.17) is 25.8 Å². The molecule has 0 saturated heterocycles. The van der Waals surface area contributed by atoms with Crippen molar-refractivity contribution in [3.8, 4) is 11.5 Å². The van der Waals surface area contributed by atoms with Gasteiger partial charge in [-0.2, -0.15) is 13.2 Å². The van der Waals surface area contributed by atoms with Crippen molar-refractivity contribution in [1.29, 1.82) is 0 Å². The Morgan fingerprint density at radius 2 is 1.34 bits per heavy atom. The van der Waals surface area contributed by atoms with Gasteiger partial charge in [-0.3, -0.25) is 9.59 Å². The summed E-state index contributed by atoms with van der Waals surface area (Å²) in [6, 6.07) is 11.0. The van der Waals surface area contributed by atoms with Crippen LogP contribution in [0.2, 0.25) is 5.02 Å². The molecule has 0 radical (unpaired) electrons. The van der Waals surface area contributed by atoms with E-state index in [1.54, 1.807) is 18.2 Å². The molecule has 0 fully saturated rings. The lowest BCUT2D eigenvalue weighted by atomic mass is 10.00. The van der Waals surface area contributed by atoms with Crippen LogP contribution in [0, 0.1) is 5.82 Å². The molecule has 0 aliphatic rings. The summed E-state index contributed by atoms with van der Waals surface area (Å²) >= 11 is 6.16. The first kappa shape index (κ1) is 45.9. The third-order valence-corrected chi connectivity index (χ3v) is 9.25. The molecule has 3 rings (SSSR count). The number of rotatable bonds is 21. The number of carbonyl (C=O) groups excluding carboxylic acids is 3. The number of hydrogen-bond donors (Lipinski definition) is 2. The largest absolute Gasteiger partial charge is 0.497 e. The number of nitrogens with one attached hydrogen (secondary N) is 2. The van der Waals surface area contributed by atoms with Gasteiger partial charge in [0, 0.05) is 35.8 Å². The Labute approximate surface area is 332 Å². The van der Waals surface area contributed by atoms with Crippen molar-refractivity contribution in [1.82, 2.24) is 15.5 Å². The molecular formula is C42H54ClF4N3O6. The highest BCUT2D eigenvalue weighted by atomic mass is 35.5. The molecule has 3 aromatic rings. The van der Waals surface area contributed by atoms with E-state index in [1.165, 1.54) is 32.4 Å². The van der Waals surface area contributed by atoms with E-state index in [1.807, 2.05) is 20.8 Å². The molecule has 2 N–H and O–H groups in total. The molecule has 1 unspecified atom stereocenters. The molecule has 0 bridgehead atoms. The van der Waals surface area contributed by atoms with Gasteiger partial charge in [0.25, 0.3) is 5.91 Å². The fraction of sp³-hybridized carbons (Fsp3) is 0.500. The van der Waals surface area contributed by atoms with Gasteiger partial charge >= 0.3 is 12.3 Å². The van der Waals surface area contributed by atoms with Crippen LogP contribution in [0.1, 0.15) is 118 Å². The standard InChI is InChI=1S/C42H54ClF4N3O6/c1-41(2,3)56-40(53)49-26-15-13-11-9-7-6-8-10-12-14-25-48-38(51)37(33-17-16-18-34(43)36(33)44)50(28-30-21-24-32(54-4)27-35(30)55-5)39(52)29-19-22-31(23-20-29)42(45,46)47/h16-24,27,37H,6-15,25-26,28H2,1-5H3,(H,48,51)(H,49,53). The van der Waals surface area contributed by atoms with Crippen molar-refractivity contribution in [3.63, 3.8) is 0 Å². The monoisotopic (exact) mass is 807 g/mol. The first-order chi connectivity index (χ1) is 26.6. The fourth-order valence-electron chi connectivity index (χ4n) is 6.07. The number of ether oxygens (including phenoxy) is 3. The molecule has 308 valence electrons. The van der Waals surface area contributed by atoms with Gasteiger partial charge in [0.1, 0.15) is 29.0 Å². The average molecular weight is 808 g/mol. The molecule has 3 aromatic carbocycles. The van der Waals surface area contributed by atoms with E-state index in [-0.39, 0.29) is 29.2 Å². The first-order valence-corrected chi connectivity index (χ1v) is 19.3. The third-order valence-electron chi connectivity index (χ3n) is 8.96. The molecule has 14 heteroatoms. The number of alkyl halides is 3. The molecular weight excluding hydrogens is 754 g/mol. The van der Waals surface area contributed by atoms with Crippen LogP contribution in [0.5, 0.6) is 11.5 Å². The van der Waals surface area contributed by atoms with Gasteiger partial charge in [-0.15, -0.1) is 0 Å². The number of hydrogen-bond acceptors (Lipinski definition) is 6. The molecule has 0 aromatic heterocycles. The summed E-state index contributed by atoms with van der Waals surface area (Å²) in [5.41, 5.74) is -1.35. The lowest BCUT2D eigenvalue weighted by molar-refractivity contribution is -0.137. The topological polar surface area (TPSA) is 106 Å². The minimum absolute atomic E-state index is 0.138. The fourth-order valence-corrected chi connectivity index (χ4v) is 6.26. The van der Waals surface area contributed by atoms with Crippen LogP contribution in [0.4, 0.5) is 22.4 Å². The van der Waals surface area contributed by atoms with Gasteiger partial charge in [0.05, 0.1) is 31.4 Å². The highest BCUT2D eigenvalue weighted by Gasteiger charge is 2.36. The van der Waals surface area contributed by atoms with Gasteiger partial charge in [0.2, 0.25) is 5.91 Å². The number of nitrogens with zero attached hydrogens (tertiary/aromatic N) is 1. The van der Waals surface area contributed by atoms with Gasteiger partial charge in [-0.25, -0.2) is 9.18 Å². The summed E-state index contributed by atoms with van der Waals surface area (Å²) in [6.07, 6.45) is 4.73. The molecule has 9 nitrogen and oxygen atoms in total. The van der Waals surface area contributed by atoms with Crippen LogP contribution in [-0.2, 0) is 22.3 Å². The Balaban J connectivity index is 1.65. The maximum atomic E-state index is 15.7. The molecule has 56 heavy (non-hydrogen) atoms. The Morgan fingerprint density at radius 1 is 0.768 bits per heavy atom. The van der Waals surface area contributed by atoms with Crippen molar-refractivity contribution >= 4 is 29.5 Å². The van der Waals surface area contributed by atoms with Crippen LogP contribution >= 0.6 is 11.6 Å². The Morgan fingerprint density at radius 3 is 1.88 bits per heavy atom. The average Bonchev–Trinajstić information content (AvgIpc) is 3.15. The van der Waals surface area contributed by atoms with Crippen molar-refractivity contribution in [2.75, 3.05) is 27.3 Å². The first-order valence-electron chi connectivity index (χ1n) is 18.9. The van der Waals surface area contributed by atoms with Gasteiger partial charge in [0.15, 0.2) is 0 Å². The summed E-state index contributed by atoms with van der Waals surface area (Å²) in [6.45, 7) is 6.05. The van der Waals surface area contributed by atoms with E-state index in [2.05, 4.69) is 10.6 Å². The zero-order chi connectivity index (χ0) is 41.3. The lowest BCUT2D eigenvalue weighted by Crippen LogP contribution is -2.44. The zero-order valence-corrected chi connectivity index (χ0v) is 33.6. The highest BCUT2D eigenvalue weighted by Crippen LogP contribution is 2.34. The van der Waals surface area contributed by atoms with Crippen molar-refractivity contribution in [3.05, 3.63) is 93.8 Å². The van der Waals surface area contributed by atoms with Gasteiger partial charge in [-0.1, -0.05) is 75.1 Å². The van der Waals surface area contributed by atoms with Crippen molar-refractivity contribution in [2.45, 2.75) is 109 Å². The zero-order valence-electron chi connectivity index (χ0n) is 32.8. The maximum Gasteiger partial charge on any atom is 0.416 e. The predicted octanol–water partition coefficient (Wildman–Crippen LogP) is 10.4. The van der Waals surface area contributed by atoms with Crippen LogP contribution < -0.4 is 20.1 Å². The minimum atomic E-state index is -4.63. The predicted molar refractivity (Wildman–Crippen MR) is 208 cm³/mol.